The van der Waals surface area contributed by atoms with E-state index in [2.05, 4.69) is 4.98 Å². The maximum Gasteiger partial charge on any atom is 0.163 e. The molecule has 4 heteroatoms. The molecule has 0 radical (unpaired) electrons. The van der Waals surface area contributed by atoms with E-state index >= 15 is 0 Å². The molecule has 13 heavy (non-hydrogen) atoms. The summed E-state index contributed by atoms with van der Waals surface area (Å²) in [4.78, 5) is 16.2. The Labute approximate surface area is 79.0 Å². The van der Waals surface area contributed by atoms with Crippen molar-refractivity contribution < 1.29 is 9.53 Å². The molecule has 0 aliphatic carbocycles. The van der Waals surface area contributed by atoms with Gasteiger partial charge in [0.2, 0.25) is 0 Å². The van der Waals surface area contributed by atoms with E-state index in [-0.39, 0.29) is 0 Å². The summed E-state index contributed by atoms with van der Waals surface area (Å²) < 4.78 is 5.13. The summed E-state index contributed by atoms with van der Waals surface area (Å²) in [6.45, 7) is 0. The fourth-order valence-corrected chi connectivity index (χ4v) is 2.14. The van der Waals surface area contributed by atoms with E-state index in [0.717, 1.165) is 16.5 Å². The molecule has 0 saturated heterocycles. The smallest absolute Gasteiger partial charge is 0.163 e. The maximum absolute atomic E-state index is 10.7. The van der Waals surface area contributed by atoms with E-state index in [1.807, 2.05) is 12.1 Å². The van der Waals surface area contributed by atoms with Gasteiger partial charge in [-0.15, -0.1) is 11.3 Å². The lowest BCUT2D eigenvalue weighted by Crippen LogP contribution is -1.84. The minimum absolute atomic E-state index is 0.594. The van der Waals surface area contributed by atoms with Crippen molar-refractivity contribution in [3.8, 4) is 5.75 Å². The average Bonchev–Trinajstić information content (AvgIpc) is 2.55. The van der Waals surface area contributed by atoms with Crippen LogP contribution in [0.4, 0.5) is 0 Å². The molecular formula is C9H7NO2S. The van der Waals surface area contributed by atoms with E-state index in [1.165, 1.54) is 11.3 Å². The number of nitrogens with zero attached hydrogens (tertiary/aromatic N) is 1. The predicted octanol–water partition coefficient (Wildman–Crippen LogP) is 2.12. The van der Waals surface area contributed by atoms with Gasteiger partial charge >= 0.3 is 0 Å². The largest absolute Gasteiger partial charge is 0.494 e. The van der Waals surface area contributed by atoms with Crippen LogP contribution in [-0.4, -0.2) is 18.4 Å². The lowest BCUT2D eigenvalue weighted by atomic mass is 10.3. The Bertz CT molecular complexity index is 450. The van der Waals surface area contributed by atoms with Gasteiger partial charge in [0, 0.05) is 6.20 Å². The Kier molecular flexibility index (Phi) is 1.98. The number of carbonyl (C=O) groups is 1. The van der Waals surface area contributed by atoms with E-state index in [1.54, 1.807) is 13.3 Å². The van der Waals surface area contributed by atoms with E-state index in [0.29, 0.717) is 10.6 Å². The zero-order valence-electron chi connectivity index (χ0n) is 6.98. The molecule has 2 heterocycles. The molecule has 0 aliphatic heterocycles. The first kappa shape index (κ1) is 8.19. The molecule has 0 amide bonds. The van der Waals surface area contributed by atoms with Crippen LogP contribution < -0.4 is 4.74 Å². The van der Waals surface area contributed by atoms with Gasteiger partial charge in [0.1, 0.15) is 15.5 Å². The van der Waals surface area contributed by atoms with Crippen molar-refractivity contribution in [3.63, 3.8) is 0 Å². The van der Waals surface area contributed by atoms with Crippen LogP contribution in [0.3, 0.4) is 0 Å². The molecule has 0 bridgehead atoms. The number of rotatable bonds is 2. The fraction of sp³-hybridized carbons (Fsp3) is 0.111. The van der Waals surface area contributed by atoms with Crippen LogP contribution in [0.25, 0.3) is 10.2 Å². The summed E-state index contributed by atoms with van der Waals surface area (Å²) in [6, 6.07) is 3.72. The maximum atomic E-state index is 10.7. The number of methoxy groups -OCH3 is 1. The fourth-order valence-electron chi connectivity index (χ4n) is 1.22. The highest BCUT2D eigenvalue weighted by atomic mass is 32.1. The van der Waals surface area contributed by atoms with Crippen LogP contribution in [0.1, 0.15) is 9.67 Å². The molecular weight excluding hydrogens is 186 g/mol. The molecule has 0 saturated carbocycles. The highest BCUT2D eigenvalue weighted by Crippen LogP contribution is 2.34. The minimum atomic E-state index is 0.594. The minimum Gasteiger partial charge on any atom is -0.494 e. The molecule has 2 rings (SSSR count). The van der Waals surface area contributed by atoms with Crippen molar-refractivity contribution in [1.82, 2.24) is 4.98 Å². The third-order valence-electron chi connectivity index (χ3n) is 1.76. The zero-order valence-corrected chi connectivity index (χ0v) is 7.80. The molecule has 2 aromatic rings. The van der Waals surface area contributed by atoms with Crippen LogP contribution >= 0.6 is 11.3 Å². The van der Waals surface area contributed by atoms with Crippen LogP contribution in [0.5, 0.6) is 5.75 Å². The molecule has 66 valence electrons. The Morgan fingerprint density at radius 1 is 1.62 bits per heavy atom. The number of aromatic nitrogens is 1. The normalized spacial score (nSPS) is 10.2. The number of ether oxygens (including phenoxy) is 1. The summed E-state index contributed by atoms with van der Waals surface area (Å²) in [5, 5.41) is 0.900. The molecule has 0 spiro atoms. The van der Waals surface area contributed by atoms with Crippen molar-refractivity contribution in [2.75, 3.05) is 7.11 Å². The van der Waals surface area contributed by atoms with E-state index in [9.17, 15) is 4.79 Å². The lowest BCUT2D eigenvalue weighted by Gasteiger charge is -1.96. The van der Waals surface area contributed by atoms with Crippen molar-refractivity contribution in [1.29, 1.82) is 0 Å². The molecule has 0 atom stereocenters. The number of hydrogen-bond donors (Lipinski definition) is 0. The Hall–Kier alpha value is -1.42. The monoisotopic (exact) mass is 193 g/mol. The second-order valence-electron chi connectivity index (χ2n) is 2.47. The molecule has 3 nitrogen and oxygen atoms in total. The SMILES string of the molecule is COc1c(C=O)sc2ncccc12. The Balaban J connectivity index is 2.81. The van der Waals surface area contributed by atoms with Gasteiger partial charge in [-0.1, -0.05) is 0 Å². The first-order valence-electron chi connectivity index (χ1n) is 3.73. The van der Waals surface area contributed by atoms with Gasteiger partial charge in [-0.05, 0) is 12.1 Å². The average molecular weight is 193 g/mol. The molecule has 0 unspecified atom stereocenters. The van der Waals surface area contributed by atoms with Crippen LogP contribution in [0, 0.1) is 0 Å². The Morgan fingerprint density at radius 3 is 3.15 bits per heavy atom. The van der Waals surface area contributed by atoms with Gasteiger partial charge in [0.15, 0.2) is 6.29 Å². The number of pyridine rings is 1. The molecule has 0 fully saturated rings. The summed E-state index contributed by atoms with van der Waals surface area (Å²) in [5.74, 6) is 0.628. The molecule has 2 aromatic heterocycles. The van der Waals surface area contributed by atoms with Gasteiger partial charge in [-0.2, -0.15) is 0 Å². The zero-order chi connectivity index (χ0) is 9.26. The lowest BCUT2D eigenvalue weighted by molar-refractivity contribution is 0.112. The topological polar surface area (TPSA) is 39.2 Å². The number of fused-ring (bicyclic) bond motifs is 1. The van der Waals surface area contributed by atoms with Crippen LogP contribution in [0.2, 0.25) is 0 Å². The van der Waals surface area contributed by atoms with Crippen LogP contribution in [0.15, 0.2) is 18.3 Å². The van der Waals surface area contributed by atoms with Crippen molar-refractivity contribution in [2.45, 2.75) is 0 Å². The number of aldehydes is 1. The third kappa shape index (κ3) is 1.19. The predicted molar refractivity (Wildman–Crippen MR) is 51.6 cm³/mol. The van der Waals surface area contributed by atoms with Crippen molar-refractivity contribution in [2.24, 2.45) is 0 Å². The van der Waals surface area contributed by atoms with Gasteiger partial charge in [-0.3, -0.25) is 4.79 Å². The van der Waals surface area contributed by atoms with Crippen molar-refractivity contribution in [3.05, 3.63) is 23.2 Å². The summed E-state index contributed by atoms with van der Waals surface area (Å²) in [7, 11) is 1.56. The standard InChI is InChI=1S/C9H7NO2S/c1-12-8-6-3-2-4-10-9(6)13-7(8)5-11/h2-5H,1H3. The van der Waals surface area contributed by atoms with Gasteiger partial charge < -0.3 is 4.74 Å². The number of carbonyl (C=O) groups excluding carboxylic acids is 1. The highest BCUT2D eigenvalue weighted by Gasteiger charge is 2.11. The summed E-state index contributed by atoms with van der Waals surface area (Å²) in [5.41, 5.74) is 0. The van der Waals surface area contributed by atoms with Gasteiger partial charge in [0.25, 0.3) is 0 Å². The van der Waals surface area contributed by atoms with Gasteiger partial charge in [0.05, 0.1) is 12.5 Å². The first-order valence-corrected chi connectivity index (χ1v) is 4.55. The number of hydrogen-bond acceptors (Lipinski definition) is 4. The van der Waals surface area contributed by atoms with E-state index < -0.39 is 0 Å². The number of thiophene rings is 1. The van der Waals surface area contributed by atoms with Crippen molar-refractivity contribution >= 4 is 27.8 Å². The Morgan fingerprint density at radius 2 is 2.46 bits per heavy atom. The quantitative estimate of drug-likeness (QED) is 0.686. The molecule has 0 aliphatic rings. The van der Waals surface area contributed by atoms with Gasteiger partial charge in [-0.25, -0.2) is 4.98 Å². The highest BCUT2D eigenvalue weighted by molar-refractivity contribution is 7.20. The summed E-state index contributed by atoms with van der Waals surface area (Å²) >= 11 is 1.34. The van der Waals surface area contributed by atoms with Crippen LogP contribution in [-0.2, 0) is 0 Å². The third-order valence-corrected chi connectivity index (χ3v) is 2.78. The molecule has 0 aromatic carbocycles. The second kappa shape index (κ2) is 3.14. The first-order chi connectivity index (χ1) is 6.36. The van der Waals surface area contributed by atoms with E-state index in [4.69, 9.17) is 4.74 Å². The second-order valence-corrected chi connectivity index (χ2v) is 3.50. The summed E-state index contributed by atoms with van der Waals surface area (Å²) in [6.07, 6.45) is 2.50. The molecule has 0 N–H and O–H groups in total.